The molecule has 24 heavy (non-hydrogen) atoms. The molecular weight excluding hydrogens is 344 g/mol. The number of carbonyl (C=O) groups excluding carboxylic acids is 1. The van der Waals surface area contributed by atoms with Crippen LogP contribution in [0.1, 0.15) is 18.4 Å². The summed E-state index contributed by atoms with van der Waals surface area (Å²) in [5.74, 6) is 1.21. The number of benzene rings is 2. The van der Waals surface area contributed by atoms with E-state index in [9.17, 15) is 4.79 Å². The van der Waals surface area contributed by atoms with Crippen molar-refractivity contribution in [1.29, 1.82) is 0 Å². The second-order valence-corrected chi connectivity index (χ2v) is 6.67. The van der Waals surface area contributed by atoms with Crippen molar-refractivity contribution in [2.45, 2.75) is 19.4 Å². The third-order valence-corrected chi connectivity index (χ3v) is 4.59. The lowest BCUT2D eigenvalue weighted by molar-refractivity contribution is -0.116. The number of hydrogen-bond donors (Lipinski definition) is 1. The highest BCUT2D eigenvalue weighted by Crippen LogP contribution is 2.29. The van der Waals surface area contributed by atoms with E-state index >= 15 is 0 Å². The second kappa shape index (κ2) is 8.13. The predicted molar refractivity (Wildman–Crippen MR) is 99.0 cm³/mol. The van der Waals surface area contributed by atoms with Crippen molar-refractivity contribution >= 4 is 44.2 Å². The summed E-state index contributed by atoms with van der Waals surface area (Å²) in [6, 6.07) is 15.8. The van der Waals surface area contributed by atoms with Gasteiger partial charge in [-0.05, 0) is 30.2 Å². The number of carbonyl (C=O) groups is 1. The molecule has 0 aliphatic heterocycles. The molecule has 0 bridgehead atoms. The van der Waals surface area contributed by atoms with E-state index in [1.165, 1.54) is 11.3 Å². The van der Waals surface area contributed by atoms with Gasteiger partial charge in [0.05, 0.1) is 10.2 Å². The summed E-state index contributed by atoms with van der Waals surface area (Å²) in [5, 5.41) is 3.41. The third kappa shape index (κ3) is 4.46. The number of thiazole rings is 1. The molecule has 4 nitrogen and oxygen atoms in total. The van der Waals surface area contributed by atoms with Crippen LogP contribution in [0.25, 0.3) is 10.2 Å². The number of fused-ring (bicyclic) bond motifs is 1. The van der Waals surface area contributed by atoms with Gasteiger partial charge < -0.3 is 10.1 Å². The molecule has 0 fully saturated rings. The van der Waals surface area contributed by atoms with Crippen LogP contribution in [0.3, 0.4) is 0 Å². The number of nitrogens with one attached hydrogen (secondary N) is 1. The predicted octanol–water partition coefficient (Wildman–Crippen LogP) is 4.83. The summed E-state index contributed by atoms with van der Waals surface area (Å²) in [6.45, 7) is 0.521. The minimum Gasteiger partial charge on any atom is -0.489 e. The fourth-order valence-electron chi connectivity index (χ4n) is 2.20. The van der Waals surface area contributed by atoms with Crippen LogP contribution >= 0.6 is 22.9 Å². The highest BCUT2D eigenvalue weighted by atomic mass is 35.5. The molecule has 0 saturated heterocycles. The van der Waals surface area contributed by atoms with Gasteiger partial charge in [-0.2, -0.15) is 0 Å². The summed E-state index contributed by atoms with van der Waals surface area (Å²) in [4.78, 5) is 16.2. The van der Waals surface area contributed by atoms with E-state index in [0.29, 0.717) is 30.5 Å². The quantitative estimate of drug-likeness (QED) is 0.614. The van der Waals surface area contributed by atoms with Crippen molar-refractivity contribution in [2.24, 2.45) is 0 Å². The fourth-order valence-corrected chi connectivity index (χ4v) is 3.24. The number of aromatic nitrogens is 1. The molecule has 6 heteroatoms. The molecule has 0 saturated carbocycles. The highest BCUT2D eigenvalue weighted by Gasteiger charge is 2.08. The Morgan fingerprint density at radius 3 is 2.83 bits per heavy atom. The van der Waals surface area contributed by atoms with Crippen LogP contribution in [-0.4, -0.2) is 16.8 Å². The third-order valence-electron chi connectivity index (χ3n) is 3.39. The monoisotopic (exact) mass is 360 g/mol. The number of halogens is 1. The van der Waals surface area contributed by atoms with Gasteiger partial charge in [0.1, 0.15) is 12.4 Å². The van der Waals surface area contributed by atoms with Gasteiger partial charge in [0.2, 0.25) is 5.91 Å². The number of hydrogen-bond acceptors (Lipinski definition) is 4. The van der Waals surface area contributed by atoms with Crippen molar-refractivity contribution in [3.8, 4) is 5.75 Å². The van der Waals surface area contributed by atoms with Crippen molar-refractivity contribution in [3.05, 3.63) is 54.1 Å². The maximum absolute atomic E-state index is 11.7. The molecule has 0 aliphatic carbocycles. The van der Waals surface area contributed by atoms with Gasteiger partial charge in [-0.25, -0.2) is 4.98 Å². The van der Waals surface area contributed by atoms with E-state index in [4.69, 9.17) is 16.3 Å². The number of rotatable bonds is 7. The van der Waals surface area contributed by atoms with Gasteiger partial charge in [0.25, 0.3) is 0 Å². The lowest BCUT2D eigenvalue weighted by Crippen LogP contribution is -2.10. The van der Waals surface area contributed by atoms with E-state index in [-0.39, 0.29) is 5.91 Å². The Morgan fingerprint density at radius 1 is 1.21 bits per heavy atom. The first kappa shape index (κ1) is 16.7. The Labute approximate surface area is 149 Å². The zero-order valence-corrected chi connectivity index (χ0v) is 14.6. The SMILES string of the molecule is O=C(CCCCl)Nc1nc2ccc(OCc3ccccc3)cc2s1. The van der Waals surface area contributed by atoms with E-state index < -0.39 is 0 Å². The molecule has 0 spiro atoms. The zero-order chi connectivity index (χ0) is 16.8. The minimum atomic E-state index is -0.0599. The van der Waals surface area contributed by atoms with Gasteiger partial charge in [0, 0.05) is 12.3 Å². The maximum atomic E-state index is 11.7. The fraction of sp³-hybridized carbons (Fsp3) is 0.222. The van der Waals surface area contributed by atoms with Gasteiger partial charge in [-0.15, -0.1) is 11.6 Å². The number of amides is 1. The topological polar surface area (TPSA) is 51.2 Å². The zero-order valence-electron chi connectivity index (χ0n) is 13.0. The van der Waals surface area contributed by atoms with E-state index in [1.54, 1.807) is 0 Å². The highest BCUT2D eigenvalue weighted by molar-refractivity contribution is 7.22. The van der Waals surface area contributed by atoms with Crippen LogP contribution in [0.2, 0.25) is 0 Å². The van der Waals surface area contributed by atoms with Gasteiger partial charge in [0.15, 0.2) is 5.13 Å². The molecule has 1 aromatic heterocycles. The Kier molecular flexibility index (Phi) is 5.67. The number of nitrogens with zero attached hydrogens (tertiary/aromatic N) is 1. The lowest BCUT2D eigenvalue weighted by atomic mass is 10.2. The Hall–Kier alpha value is -2.11. The average Bonchev–Trinajstić information content (AvgIpc) is 3.00. The van der Waals surface area contributed by atoms with Gasteiger partial charge in [-0.3, -0.25) is 4.79 Å². The first-order valence-corrected chi connectivity index (χ1v) is 9.03. The smallest absolute Gasteiger partial charge is 0.226 e. The molecule has 1 N–H and O–H groups in total. The van der Waals surface area contributed by atoms with E-state index in [1.807, 2.05) is 48.5 Å². The van der Waals surface area contributed by atoms with Crippen LogP contribution < -0.4 is 10.1 Å². The molecule has 2 aromatic carbocycles. The number of alkyl halides is 1. The van der Waals surface area contributed by atoms with Crippen LogP contribution in [0, 0.1) is 0 Å². The summed E-state index contributed by atoms with van der Waals surface area (Å²) >= 11 is 7.04. The van der Waals surface area contributed by atoms with Crippen molar-refractivity contribution in [1.82, 2.24) is 4.98 Å². The van der Waals surface area contributed by atoms with Crippen molar-refractivity contribution < 1.29 is 9.53 Å². The molecule has 1 heterocycles. The van der Waals surface area contributed by atoms with Crippen LogP contribution in [0.4, 0.5) is 5.13 Å². The first-order chi connectivity index (χ1) is 11.7. The molecule has 0 radical (unpaired) electrons. The standard InChI is InChI=1S/C18H17ClN2O2S/c19-10-4-7-17(22)21-18-20-15-9-8-14(11-16(15)24-18)23-12-13-5-2-1-3-6-13/h1-3,5-6,8-9,11H,4,7,10,12H2,(H,20,21,22). The molecule has 0 atom stereocenters. The number of ether oxygens (including phenoxy) is 1. The molecule has 124 valence electrons. The molecule has 1 amide bonds. The second-order valence-electron chi connectivity index (χ2n) is 5.26. The van der Waals surface area contributed by atoms with E-state index in [2.05, 4.69) is 10.3 Å². The van der Waals surface area contributed by atoms with Gasteiger partial charge in [-0.1, -0.05) is 41.7 Å². The lowest BCUT2D eigenvalue weighted by Gasteiger charge is -2.05. The number of anilines is 1. The van der Waals surface area contributed by atoms with Crippen molar-refractivity contribution in [2.75, 3.05) is 11.2 Å². The van der Waals surface area contributed by atoms with E-state index in [0.717, 1.165) is 21.5 Å². The molecule has 0 aliphatic rings. The Morgan fingerprint density at radius 2 is 2.04 bits per heavy atom. The molecule has 0 unspecified atom stereocenters. The summed E-state index contributed by atoms with van der Waals surface area (Å²) in [7, 11) is 0. The average molecular weight is 361 g/mol. The largest absolute Gasteiger partial charge is 0.489 e. The Bertz CT molecular complexity index is 820. The van der Waals surface area contributed by atoms with Crippen LogP contribution in [-0.2, 0) is 11.4 Å². The molecule has 3 aromatic rings. The first-order valence-electron chi connectivity index (χ1n) is 7.68. The summed E-state index contributed by atoms with van der Waals surface area (Å²) < 4.78 is 6.80. The van der Waals surface area contributed by atoms with Crippen LogP contribution in [0.15, 0.2) is 48.5 Å². The summed E-state index contributed by atoms with van der Waals surface area (Å²) in [5.41, 5.74) is 1.97. The minimum absolute atomic E-state index is 0.0599. The van der Waals surface area contributed by atoms with Gasteiger partial charge >= 0.3 is 0 Å². The van der Waals surface area contributed by atoms with Crippen LogP contribution in [0.5, 0.6) is 5.75 Å². The van der Waals surface area contributed by atoms with Crippen molar-refractivity contribution in [3.63, 3.8) is 0 Å². The Balaban J connectivity index is 1.66. The maximum Gasteiger partial charge on any atom is 0.226 e. The summed E-state index contributed by atoms with van der Waals surface area (Å²) in [6.07, 6.45) is 1.07. The normalized spacial score (nSPS) is 10.7. The molecule has 3 rings (SSSR count). The molecular formula is C18H17ClN2O2S.